The van der Waals surface area contributed by atoms with Gasteiger partial charge in [-0.05, 0) is 26.2 Å². The number of carboxylic acid groups (broad SMARTS) is 1. The summed E-state index contributed by atoms with van der Waals surface area (Å²) in [5.41, 5.74) is 0. The number of piperidine rings is 1. The van der Waals surface area contributed by atoms with Gasteiger partial charge < -0.3 is 15.7 Å². The predicted molar refractivity (Wildman–Crippen MR) is 78.6 cm³/mol. The molecule has 0 aromatic rings. The van der Waals surface area contributed by atoms with Crippen molar-refractivity contribution >= 4 is 23.7 Å². The second kappa shape index (κ2) is 9.06. The van der Waals surface area contributed by atoms with Gasteiger partial charge in [-0.15, -0.1) is 0 Å². The number of amides is 3. The molecule has 1 heterocycles. The van der Waals surface area contributed by atoms with Crippen molar-refractivity contribution in [2.75, 3.05) is 19.8 Å². The highest BCUT2D eigenvalue weighted by Gasteiger charge is 2.34. The second-order valence-electron chi connectivity index (χ2n) is 5.31. The third-order valence-electron chi connectivity index (χ3n) is 3.65. The molecule has 3 N–H and O–H groups in total. The Morgan fingerprint density at radius 2 is 2.00 bits per heavy atom. The Bertz CT molecular complexity index is 471. The van der Waals surface area contributed by atoms with Crippen molar-refractivity contribution in [1.29, 1.82) is 0 Å². The molecule has 130 valence electrons. The van der Waals surface area contributed by atoms with Gasteiger partial charge in [0.2, 0.25) is 11.8 Å². The molecule has 1 saturated heterocycles. The average molecular weight is 331 g/mol. The summed E-state index contributed by atoms with van der Waals surface area (Å²) < 4.78 is 12.6. The Kier molecular flexibility index (Phi) is 7.43. The predicted octanol–water partition coefficient (Wildman–Crippen LogP) is 0.0685. The van der Waals surface area contributed by atoms with Gasteiger partial charge in [-0.1, -0.05) is 0 Å². The van der Waals surface area contributed by atoms with Crippen molar-refractivity contribution in [2.45, 2.75) is 44.7 Å². The first kappa shape index (κ1) is 18.9. The molecule has 0 aromatic carbocycles. The summed E-state index contributed by atoms with van der Waals surface area (Å²) in [6, 6.07) is -2.22. The molecular formula is C14H22FN3O5. The molecule has 1 aliphatic heterocycles. The maximum absolute atomic E-state index is 12.6. The van der Waals surface area contributed by atoms with Crippen molar-refractivity contribution in [3.05, 3.63) is 0 Å². The number of likely N-dealkylation sites (tertiary alicyclic amines) is 1. The Hall–Kier alpha value is -2.19. The first-order chi connectivity index (χ1) is 10.9. The minimum absolute atomic E-state index is 0.228. The van der Waals surface area contributed by atoms with Crippen LogP contribution < -0.4 is 10.6 Å². The van der Waals surface area contributed by atoms with E-state index in [0.717, 1.165) is 4.90 Å². The van der Waals surface area contributed by atoms with Gasteiger partial charge in [0.25, 0.3) is 0 Å². The first-order valence-corrected chi connectivity index (χ1v) is 7.56. The van der Waals surface area contributed by atoms with E-state index in [-0.39, 0.29) is 13.0 Å². The quantitative estimate of drug-likeness (QED) is 0.610. The number of nitrogens with one attached hydrogen (secondary N) is 2. The zero-order chi connectivity index (χ0) is 17.4. The SMILES string of the molecule is CCNC(=O)CC(NC(=O)C1CCCCN1C(=O)O)C(=O)CF. The molecule has 8 nitrogen and oxygen atoms in total. The fourth-order valence-electron chi connectivity index (χ4n) is 2.49. The molecule has 0 spiro atoms. The van der Waals surface area contributed by atoms with Gasteiger partial charge in [0.05, 0.1) is 12.5 Å². The molecule has 3 amide bonds. The third-order valence-corrected chi connectivity index (χ3v) is 3.65. The van der Waals surface area contributed by atoms with E-state index in [9.17, 15) is 23.6 Å². The maximum Gasteiger partial charge on any atom is 0.407 e. The monoisotopic (exact) mass is 331 g/mol. The fourth-order valence-corrected chi connectivity index (χ4v) is 2.49. The fraction of sp³-hybridized carbons (Fsp3) is 0.714. The molecular weight excluding hydrogens is 309 g/mol. The van der Waals surface area contributed by atoms with Gasteiger partial charge in [-0.3, -0.25) is 19.3 Å². The smallest absolute Gasteiger partial charge is 0.407 e. The largest absolute Gasteiger partial charge is 0.465 e. The molecule has 23 heavy (non-hydrogen) atoms. The minimum Gasteiger partial charge on any atom is -0.465 e. The Morgan fingerprint density at radius 1 is 1.30 bits per heavy atom. The standard InChI is InChI=1S/C14H22FN3O5/c1-2-16-12(20)7-9(11(19)8-15)17-13(21)10-5-3-4-6-18(10)14(22)23/h9-10H,2-8H2,1H3,(H,16,20)(H,17,21)(H,22,23). The lowest BCUT2D eigenvalue weighted by atomic mass is 10.0. The molecule has 2 atom stereocenters. The van der Waals surface area contributed by atoms with Gasteiger partial charge in [0.1, 0.15) is 12.7 Å². The van der Waals surface area contributed by atoms with Crippen LogP contribution >= 0.6 is 0 Å². The topological polar surface area (TPSA) is 116 Å². The maximum atomic E-state index is 12.6. The zero-order valence-corrected chi connectivity index (χ0v) is 13.0. The van der Waals surface area contributed by atoms with Crippen LogP contribution in [0.25, 0.3) is 0 Å². The number of ketones is 1. The molecule has 1 fully saturated rings. The van der Waals surface area contributed by atoms with Crippen LogP contribution in [0, 0.1) is 0 Å². The van der Waals surface area contributed by atoms with Crippen LogP contribution in [0.4, 0.5) is 9.18 Å². The summed E-state index contributed by atoms with van der Waals surface area (Å²) in [4.78, 5) is 47.6. The highest BCUT2D eigenvalue weighted by atomic mass is 19.1. The molecule has 2 unspecified atom stereocenters. The van der Waals surface area contributed by atoms with Crippen molar-refractivity contribution in [3.8, 4) is 0 Å². The first-order valence-electron chi connectivity index (χ1n) is 7.56. The van der Waals surface area contributed by atoms with Crippen molar-refractivity contribution in [2.24, 2.45) is 0 Å². The summed E-state index contributed by atoms with van der Waals surface area (Å²) in [5.74, 6) is -2.08. The number of hydrogen-bond acceptors (Lipinski definition) is 4. The Morgan fingerprint density at radius 3 is 2.57 bits per heavy atom. The summed E-state index contributed by atoms with van der Waals surface area (Å²) in [7, 11) is 0. The Balaban J connectivity index is 2.76. The van der Waals surface area contributed by atoms with E-state index in [1.54, 1.807) is 6.92 Å². The summed E-state index contributed by atoms with van der Waals surface area (Å²) in [6.07, 6.45) is 0.0709. The van der Waals surface area contributed by atoms with Crippen LogP contribution in [0.2, 0.25) is 0 Å². The lowest BCUT2D eigenvalue weighted by Crippen LogP contribution is -2.55. The van der Waals surface area contributed by atoms with E-state index in [1.807, 2.05) is 0 Å². The average Bonchev–Trinajstić information content (AvgIpc) is 2.53. The van der Waals surface area contributed by atoms with E-state index in [1.165, 1.54) is 0 Å². The summed E-state index contributed by atoms with van der Waals surface area (Å²) >= 11 is 0. The van der Waals surface area contributed by atoms with Crippen LogP contribution in [-0.4, -0.2) is 65.5 Å². The van der Waals surface area contributed by atoms with Crippen molar-refractivity contribution < 1.29 is 28.7 Å². The minimum atomic E-state index is -1.31. The molecule has 0 aromatic heterocycles. The van der Waals surface area contributed by atoms with Crippen LogP contribution in [0.3, 0.4) is 0 Å². The lowest BCUT2D eigenvalue weighted by Gasteiger charge is -2.33. The number of hydrogen-bond donors (Lipinski definition) is 3. The molecule has 0 aliphatic carbocycles. The van der Waals surface area contributed by atoms with Crippen molar-refractivity contribution in [1.82, 2.24) is 15.5 Å². The number of rotatable bonds is 7. The molecule has 9 heteroatoms. The highest BCUT2D eigenvalue weighted by Crippen LogP contribution is 2.17. The van der Waals surface area contributed by atoms with Crippen LogP contribution in [-0.2, 0) is 14.4 Å². The van der Waals surface area contributed by atoms with Crippen LogP contribution in [0.15, 0.2) is 0 Å². The van der Waals surface area contributed by atoms with E-state index >= 15 is 0 Å². The number of carbonyl (C=O) groups excluding carboxylic acids is 3. The Labute approximate surface area is 133 Å². The number of nitrogens with zero attached hydrogens (tertiary/aromatic N) is 1. The van der Waals surface area contributed by atoms with Gasteiger partial charge >= 0.3 is 6.09 Å². The molecule has 0 radical (unpaired) electrons. The highest BCUT2D eigenvalue weighted by molar-refractivity contribution is 5.95. The number of Topliss-reactive ketones (excluding diaryl/α,β-unsaturated/α-hetero) is 1. The van der Waals surface area contributed by atoms with Gasteiger partial charge in [-0.25, -0.2) is 9.18 Å². The lowest BCUT2D eigenvalue weighted by molar-refractivity contribution is -0.133. The zero-order valence-electron chi connectivity index (χ0n) is 13.0. The number of halogens is 1. The molecule has 0 bridgehead atoms. The van der Waals surface area contributed by atoms with Gasteiger partial charge in [0, 0.05) is 13.1 Å². The van der Waals surface area contributed by atoms with E-state index < -0.39 is 42.4 Å². The van der Waals surface area contributed by atoms with Crippen LogP contribution in [0.5, 0.6) is 0 Å². The number of alkyl halides is 1. The molecule has 1 rings (SSSR count). The van der Waals surface area contributed by atoms with Gasteiger partial charge in [0.15, 0.2) is 5.78 Å². The normalized spacial score (nSPS) is 18.9. The number of carbonyl (C=O) groups is 4. The summed E-state index contributed by atoms with van der Waals surface area (Å²) in [6.45, 7) is 0.955. The third kappa shape index (κ3) is 5.50. The van der Waals surface area contributed by atoms with Crippen molar-refractivity contribution in [3.63, 3.8) is 0 Å². The van der Waals surface area contributed by atoms with E-state index in [0.29, 0.717) is 25.8 Å². The molecule has 0 saturated carbocycles. The summed E-state index contributed by atoms with van der Waals surface area (Å²) in [5, 5.41) is 13.9. The van der Waals surface area contributed by atoms with E-state index in [4.69, 9.17) is 5.11 Å². The molecule has 1 aliphatic rings. The van der Waals surface area contributed by atoms with E-state index in [2.05, 4.69) is 10.6 Å². The second-order valence-corrected chi connectivity index (χ2v) is 5.31. The van der Waals surface area contributed by atoms with Crippen LogP contribution in [0.1, 0.15) is 32.6 Å². The van der Waals surface area contributed by atoms with Gasteiger partial charge in [-0.2, -0.15) is 0 Å².